The minimum Gasteiger partial charge on any atom is -0.399 e. The van der Waals surface area contributed by atoms with E-state index in [2.05, 4.69) is 35.9 Å². The van der Waals surface area contributed by atoms with E-state index in [0.717, 1.165) is 30.8 Å². The van der Waals surface area contributed by atoms with Gasteiger partial charge < -0.3 is 10.3 Å². The summed E-state index contributed by atoms with van der Waals surface area (Å²) in [5, 5.41) is 10.4. The summed E-state index contributed by atoms with van der Waals surface area (Å²) in [7, 11) is 0. The summed E-state index contributed by atoms with van der Waals surface area (Å²) >= 11 is 1.83. The highest BCUT2D eigenvalue weighted by molar-refractivity contribution is 7.99. The number of thioether (sulfide) groups is 1. The molecule has 0 fully saturated rings. The van der Waals surface area contributed by atoms with E-state index in [0.29, 0.717) is 0 Å². The van der Waals surface area contributed by atoms with Gasteiger partial charge in [-0.1, -0.05) is 6.92 Å². The Bertz CT molecular complexity index is 664. The lowest BCUT2D eigenvalue weighted by atomic mass is 9.90. The van der Waals surface area contributed by atoms with Crippen LogP contribution in [0.3, 0.4) is 0 Å². The van der Waals surface area contributed by atoms with E-state index in [-0.39, 0.29) is 5.41 Å². The van der Waals surface area contributed by atoms with Gasteiger partial charge in [0.05, 0.1) is 17.0 Å². The molecule has 4 heteroatoms. The minimum absolute atomic E-state index is 0.245. The van der Waals surface area contributed by atoms with Crippen molar-refractivity contribution < 1.29 is 0 Å². The van der Waals surface area contributed by atoms with Crippen molar-refractivity contribution in [1.82, 2.24) is 4.57 Å². The first kappa shape index (κ1) is 15.8. The molecule has 0 saturated carbocycles. The number of nitrogen functional groups attached to an aromatic ring is 1. The number of aromatic nitrogens is 1. The Morgan fingerprint density at radius 3 is 2.81 bits per heavy atom. The largest absolute Gasteiger partial charge is 0.399 e. The molecule has 0 atom stereocenters. The average molecular weight is 301 g/mol. The topological polar surface area (TPSA) is 54.7 Å². The third-order valence-electron chi connectivity index (χ3n) is 3.68. The summed E-state index contributed by atoms with van der Waals surface area (Å²) in [5.74, 6) is 1.04. The normalized spacial score (nSPS) is 11.7. The molecule has 0 saturated heterocycles. The van der Waals surface area contributed by atoms with Crippen LogP contribution in [-0.2, 0) is 6.54 Å². The van der Waals surface area contributed by atoms with Crippen LogP contribution in [0, 0.1) is 16.7 Å². The second-order valence-electron chi connectivity index (χ2n) is 5.99. The number of nitrogens with zero attached hydrogens (tertiary/aromatic N) is 2. The lowest BCUT2D eigenvalue weighted by Crippen LogP contribution is -2.09. The van der Waals surface area contributed by atoms with Gasteiger partial charge in [-0.05, 0) is 50.6 Å². The zero-order chi connectivity index (χ0) is 15.5. The van der Waals surface area contributed by atoms with E-state index in [4.69, 9.17) is 11.0 Å². The number of anilines is 1. The summed E-state index contributed by atoms with van der Waals surface area (Å²) in [6.07, 6.45) is 4.03. The summed E-state index contributed by atoms with van der Waals surface area (Å²) < 4.78 is 2.25. The van der Waals surface area contributed by atoms with Crippen molar-refractivity contribution in [1.29, 1.82) is 5.26 Å². The molecular formula is C17H23N3S. The van der Waals surface area contributed by atoms with Gasteiger partial charge in [-0.2, -0.15) is 5.26 Å². The van der Waals surface area contributed by atoms with Gasteiger partial charge in [-0.25, -0.2) is 0 Å². The molecule has 0 spiro atoms. The summed E-state index contributed by atoms with van der Waals surface area (Å²) in [4.78, 5) is 1.25. The van der Waals surface area contributed by atoms with Crippen molar-refractivity contribution in [2.75, 3.05) is 11.5 Å². The Morgan fingerprint density at radius 1 is 1.38 bits per heavy atom. The number of hydrogen-bond acceptors (Lipinski definition) is 3. The molecule has 0 bridgehead atoms. The van der Waals surface area contributed by atoms with Crippen LogP contribution in [0.5, 0.6) is 0 Å². The first-order valence-electron chi connectivity index (χ1n) is 7.39. The molecule has 1 heterocycles. The average Bonchev–Trinajstić information content (AvgIpc) is 2.82. The minimum atomic E-state index is -0.245. The van der Waals surface area contributed by atoms with Crippen LogP contribution in [0.1, 0.15) is 33.6 Å². The SMILES string of the molecule is CCSc1cc(N)cc2c1ccn2CCCC(C)(C)C#N. The highest BCUT2D eigenvalue weighted by Gasteiger charge is 2.16. The lowest BCUT2D eigenvalue weighted by Gasteiger charge is -2.15. The molecule has 0 aliphatic heterocycles. The Hall–Kier alpha value is -1.60. The van der Waals surface area contributed by atoms with Gasteiger partial charge in [0.2, 0.25) is 0 Å². The summed E-state index contributed by atoms with van der Waals surface area (Å²) in [6, 6.07) is 8.63. The fourth-order valence-corrected chi connectivity index (χ4v) is 3.36. The number of nitrogens with two attached hydrogens (primary N) is 1. The van der Waals surface area contributed by atoms with Gasteiger partial charge in [0, 0.05) is 28.7 Å². The van der Waals surface area contributed by atoms with Crippen LogP contribution in [0.4, 0.5) is 5.69 Å². The second-order valence-corrected chi connectivity index (χ2v) is 7.30. The van der Waals surface area contributed by atoms with Gasteiger partial charge in [-0.3, -0.25) is 0 Å². The zero-order valence-corrected chi connectivity index (χ0v) is 13.8. The fourth-order valence-electron chi connectivity index (χ4n) is 2.50. The Kier molecular flexibility index (Phi) is 4.84. The number of fused-ring (bicyclic) bond motifs is 1. The number of hydrogen-bond donors (Lipinski definition) is 1. The predicted molar refractivity (Wildman–Crippen MR) is 91.4 cm³/mol. The molecule has 0 aliphatic rings. The van der Waals surface area contributed by atoms with Gasteiger partial charge >= 0.3 is 0 Å². The maximum absolute atomic E-state index is 9.08. The predicted octanol–water partition coefficient (Wildman–Crippen LogP) is 4.67. The van der Waals surface area contributed by atoms with E-state index in [1.807, 2.05) is 31.7 Å². The molecule has 2 rings (SSSR count). The Balaban J connectivity index is 2.20. The smallest absolute Gasteiger partial charge is 0.0683 e. The molecule has 0 amide bonds. The van der Waals surface area contributed by atoms with Gasteiger partial charge in [-0.15, -0.1) is 11.8 Å². The van der Waals surface area contributed by atoms with Crippen LogP contribution in [0.2, 0.25) is 0 Å². The van der Waals surface area contributed by atoms with Crippen molar-refractivity contribution in [3.63, 3.8) is 0 Å². The van der Waals surface area contributed by atoms with Crippen LogP contribution >= 0.6 is 11.8 Å². The number of rotatable bonds is 6. The molecule has 112 valence electrons. The van der Waals surface area contributed by atoms with Gasteiger partial charge in [0.25, 0.3) is 0 Å². The van der Waals surface area contributed by atoms with Crippen LogP contribution in [-0.4, -0.2) is 10.3 Å². The first-order valence-corrected chi connectivity index (χ1v) is 8.38. The summed E-state index contributed by atoms with van der Waals surface area (Å²) in [6.45, 7) is 7.07. The van der Waals surface area contributed by atoms with Gasteiger partial charge in [0.1, 0.15) is 0 Å². The monoisotopic (exact) mass is 301 g/mol. The molecule has 2 aromatic rings. The van der Waals surface area contributed by atoms with E-state index >= 15 is 0 Å². The van der Waals surface area contributed by atoms with Crippen molar-refractivity contribution in [2.45, 2.75) is 45.1 Å². The van der Waals surface area contributed by atoms with Crippen LogP contribution in [0.25, 0.3) is 10.9 Å². The van der Waals surface area contributed by atoms with Gasteiger partial charge in [0.15, 0.2) is 0 Å². The van der Waals surface area contributed by atoms with Crippen LogP contribution < -0.4 is 5.73 Å². The van der Waals surface area contributed by atoms with E-state index < -0.39 is 0 Å². The highest BCUT2D eigenvalue weighted by atomic mass is 32.2. The zero-order valence-electron chi connectivity index (χ0n) is 13.0. The van der Waals surface area contributed by atoms with Crippen LogP contribution in [0.15, 0.2) is 29.3 Å². The molecule has 2 N–H and O–H groups in total. The quantitative estimate of drug-likeness (QED) is 0.623. The van der Waals surface area contributed by atoms with Crippen molar-refractivity contribution in [3.05, 3.63) is 24.4 Å². The summed E-state index contributed by atoms with van der Waals surface area (Å²) in [5.41, 5.74) is 7.80. The van der Waals surface area contributed by atoms with E-state index in [1.54, 1.807) is 0 Å². The maximum Gasteiger partial charge on any atom is 0.0683 e. The molecule has 0 aliphatic carbocycles. The lowest BCUT2D eigenvalue weighted by molar-refractivity contribution is 0.418. The van der Waals surface area contributed by atoms with E-state index in [9.17, 15) is 0 Å². The van der Waals surface area contributed by atoms with E-state index in [1.165, 1.54) is 15.8 Å². The molecule has 21 heavy (non-hydrogen) atoms. The van der Waals surface area contributed by atoms with Crippen molar-refractivity contribution in [2.24, 2.45) is 5.41 Å². The molecule has 1 aromatic heterocycles. The standard InChI is InChI=1S/C17H23N3S/c1-4-21-16-11-13(19)10-15-14(16)6-9-20(15)8-5-7-17(2,3)12-18/h6,9-11H,4-5,7-8,19H2,1-3H3. The van der Waals surface area contributed by atoms with Crippen molar-refractivity contribution in [3.8, 4) is 6.07 Å². The third kappa shape index (κ3) is 3.74. The second kappa shape index (κ2) is 6.44. The highest BCUT2D eigenvalue weighted by Crippen LogP contribution is 2.31. The number of nitriles is 1. The molecular weight excluding hydrogens is 278 g/mol. The molecule has 1 aromatic carbocycles. The Labute approximate surface area is 131 Å². The third-order valence-corrected chi connectivity index (χ3v) is 4.61. The maximum atomic E-state index is 9.08. The van der Waals surface area contributed by atoms with Crippen molar-refractivity contribution >= 4 is 28.4 Å². The fraction of sp³-hybridized carbons (Fsp3) is 0.471. The molecule has 3 nitrogen and oxygen atoms in total. The molecule has 0 unspecified atom stereocenters. The number of aryl methyl sites for hydroxylation is 1. The molecule has 0 radical (unpaired) electrons. The first-order chi connectivity index (χ1) is 9.96. The number of benzene rings is 1. The Morgan fingerprint density at radius 2 is 2.14 bits per heavy atom.